The second-order valence-corrected chi connectivity index (χ2v) is 3.62. The highest BCUT2D eigenvalue weighted by atomic mass is 16.4. The Kier molecular flexibility index (Phi) is 3.88. The Labute approximate surface area is 82.9 Å². The van der Waals surface area contributed by atoms with Crippen LogP contribution < -0.4 is 10.6 Å². The molecule has 2 unspecified atom stereocenters. The molecule has 0 saturated carbocycles. The fourth-order valence-corrected chi connectivity index (χ4v) is 1.64. The van der Waals surface area contributed by atoms with Gasteiger partial charge in [0.1, 0.15) is 6.04 Å². The molecule has 1 aliphatic rings. The van der Waals surface area contributed by atoms with E-state index in [-0.39, 0.29) is 11.9 Å². The smallest absolute Gasteiger partial charge is 0.320 e. The first-order valence-electron chi connectivity index (χ1n) is 4.83. The summed E-state index contributed by atoms with van der Waals surface area (Å²) >= 11 is 0. The van der Waals surface area contributed by atoms with Gasteiger partial charge in [0, 0.05) is 19.5 Å². The average Bonchev–Trinajstić information content (AvgIpc) is 2.15. The fourth-order valence-electron chi connectivity index (χ4n) is 1.64. The maximum absolute atomic E-state index is 10.7. The number of carbonyl (C=O) groups is 2. The summed E-state index contributed by atoms with van der Waals surface area (Å²) in [6, 6.07) is -0.365. The maximum Gasteiger partial charge on any atom is 0.320 e. The normalized spacial score (nSPS) is 26.9. The predicted octanol–water partition coefficient (Wildman–Crippen LogP) is -0.282. The number of rotatable bonds is 3. The molecule has 0 aliphatic carbocycles. The van der Waals surface area contributed by atoms with Crippen LogP contribution in [0.25, 0.3) is 0 Å². The molecule has 14 heavy (non-hydrogen) atoms. The molecule has 0 aromatic rings. The van der Waals surface area contributed by atoms with Crippen molar-refractivity contribution in [3.05, 3.63) is 0 Å². The highest BCUT2D eigenvalue weighted by Gasteiger charge is 2.25. The van der Waals surface area contributed by atoms with Gasteiger partial charge in [-0.3, -0.25) is 14.9 Å². The molecule has 1 saturated heterocycles. The Hall–Kier alpha value is -1.10. The van der Waals surface area contributed by atoms with Crippen molar-refractivity contribution in [2.45, 2.75) is 38.3 Å². The Balaban J connectivity index is 2.32. The van der Waals surface area contributed by atoms with Gasteiger partial charge >= 0.3 is 5.97 Å². The Morgan fingerprint density at radius 3 is 2.79 bits per heavy atom. The van der Waals surface area contributed by atoms with E-state index in [9.17, 15) is 9.59 Å². The van der Waals surface area contributed by atoms with E-state index < -0.39 is 12.0 Å². The molecule has 1 aliphatic heterocycles. The van der Waals surface area contributed by atoms with E-state index in [1.807, 2.05) is 0 Å². The number of nitrogens with one attached hydrogen (secondary N) is 2. The van der Waals surface area contributed by atoms with Crippen LogP contribution in [0.5, 0.6) is 0 Å². The number of hydrogen-bond donors (Lipinski definition) is 3. The minimum atomic E-state index is -0.808. The summed E-state index contributed by atoms with van der Waals surface area (Å²) in [5, 5.41) is 14.5. The molecule has 80 valence electrons. The van der Waals surface area contributed by atoms with Gasteiger partial charge in [-0.2, -0.15) is 0 Å². The minimum Gasteiger partial charge on any atom is -0.480 e. The lowest BCUT2D eigenvalue weighted by atomic mass is 9.98. The molecule has 1 fully saturated rings. The van der Waals surface area contributed by atoms with Crippen molar-refractivity contribution >= 4 is 11.9 Å². The van der Waals surface area contributed by atoms with Gasteiger partial charge in [-0.15, -0.1) is 0 Å². The molecule has 0 spiro atoms. The molecule has 0 aromatic carbocycles. The highest BCUT2D eigenvalue weighted by molar-refractivity contribution is 5.74. The van der Waals surface area contributed by atoms with Crippen LogP contribution in [0.15, 0.2) is 0 Å². The lowest BCUT2D eigenvalue weighted by Crippen LogP contribution is -2.51. The van der Waals surface area contributed by atoms with Gasteiger partial charge in [-0.05, 0) is 19.3 Å². The first-order chi connectivity index (χ1) is 6.59. The topological polar surface area (TPSA) is 78.4 Å². The lowest BCUT2D eigenvalue weighted by molar-refractivity contribution is -0.140. The third kappa shape index (κ3) is 3.33. The second kappa shape index (κ2) is 4.95. The third-order valence-corrected chi connectivity index (χ3v) is 2.38. The van der Waals surface area contributed by atoms with E-state index >= 15 is 0 Å². The summed E-state index contributed by atoms with van der Waals surface area (Å²) < 4.78 is 0. The highest BCUT2D eigenvalue weighted by Crippen LogP contribution is 2.12. The molecule has 1 amide bonds. The molecule has 5 heteroatoms. The molecule has 5 nitrogen and oxygen atoms in total. The molecule has 0 aromatic heterocycles. The molecule has 2 atom stereocenters. The van der Waals surface area contributed by atoms with Gasteiger partial charge in [0.25, 0.3) is 0 Å². The quantitative estimate of drug-likeness (QED) is 0.585. The van der Waals surface area contributed by atoms with Gasteiger partial charge in [-0.1, -0.05) is 0 Å². The van der Waals surface area contributed by atoms with E-state index in [1.54, 1.807) is 0 Å². The van der Waals surface area contributed by atoms with E-state index in [0.29, 0.717) is 13.0 Å². The summed E-state index contributed by atoms with van der Waals surface area (Å²) in [4.78, 5) is 21.3. The minimum absolute atomic E-state index is 0.0794. The first kappa shape index (κ1) is 11.0. The second-order valence-electron chi connectivity index (χ2n) is 3.62. The number of carbonyl (C=O) groups excluding carboxylic acids is 1. The summed E-state index contributed by atoms with van der Waals surface area (Å²) in [7, 11) is 0. The standard InChI is InChI=1S/C9H16N2O3/c1-6(12)10-5-7-3-2-4-8(11-7)9(13)14/h7-8,11H,2-5H2,1H3,(H,10,12)(H,13,14). The zero-order chi connectivity index (χ0) is 10.6. The van der Waals surface area contributed by atoms with Gasteiger partial charge < -0.3 is 10.4 Å². The van der Waals surface area contributed by atoms with E-state index in [1.165, 1.54) is 6.92 Å². The number of carboxylic acids is 1. The summed E-state index contributed by atoms with van der Waals surface area (Å²) in [5.74, 6) is -0.887. The van der Waals surface area contributed by atoms with Crippen molar-refractivity contribution in [1.82, 2.24) is 10.6 Å². The van der Waals surface area contributed by atoms with Crippen LogP contribution in [0.1, 0.15) is 26.2 Å². The van der Waals surface area contributed by atoms with Gasteiger partial charge in [0.05, 0.1) is 0 Å². The van der Waals surface area contributed by atoms with E-state index in [0.717, 1.165) is 12.8 Å². The van der Waals surface area contributed by atoms with Crippen molar-refractivity contribution in [2.75, 3.05) is 6.54 Å². The monoisotopic (exact) mass is 200 g/mol. The molecule has 1 heterocycles. The van der Waals surface area contributed by atoms with Crippen molar-refractivity contribution in [3.63, 3.8) is 0 Å². The van der Waals surface area contributed by atoms with E-state index in [4.69, 9.17) is 5.11 Å². The first-order valence-corrected chi connectivity index (χ1v) is 4.83. The third-order valence-electron chi connectivity index (χ3n) is 2.38. The molecule has 1 rings (SSSR count). The van der Waals surface area contributed by atoms with Crippen LogP contribution in [0, 0.1) is 0 Å². The molecule has 0 bridgehead atoms. The van der Waals surface area contributed by atoms with Crippen molar-refractivity contribution in [2.24, 2.45) is 0 Å². The molecular formula is C9H16N2O3. The predicted molar refractivity (Wildman–Crippen MR) is 50.9 cm³/mol. The summed E-state index contributed by atoms with van der Waals surface area (Å²) in [5.41, 5.74) is 0. The number of carboxylic acid groups (broad SMARTS) is 1. The van der Waals surface area contributed by atoms with Crippen LogP contribution in [0.3, 0.4) is 0 Å². The fraction of sp³-hybridized carbons (Fsp3) is 0.778. The SMILES string of the molecule is CC(=O)NCC1CCCC(C(=O)O)N1. The zero-order valence-electron chi connectivity index (χ0n) is 8.25. The van der Waals surface area contributed by atoms with Crippen LogP contribution in [-0.4, -0.2) is 35.6 Å². The molecular weight excluding hydrogens is 184 g/mol. The van der Waals surface area contributed by atoms with Crippen LogP contribution in [-0.2, 0) is 9.59 Å². The Bertz CT molecular complexity index is 230. The largest absolute Gasteiger partial charge is 0.480 e. The number of aliphatic carboxylic acids is 1. The zero-order valence-corrected chi connectivity index (χ0v) is 8.25. The lowest BCUT2D eigenvalue weighted by Gasteiger charge is -2.28. The van der Waals surface area contributed by atoms with Crippen LogP contribution in [0.2, 0.25) is 0 Å². The van der Waals surface area contributed by atoms with Crippen LogP contribution in [0.4, 0.5) is 0 Å². The van der Waals surface area contributed by atoms with Crippen LogP contribution >= 0.6 is 0 Å². The molecule has 3 N–H and O–H groups in total. The Morgan fingerprint density at radius 1 is 1.50 bits per heavy atom. The van der Waals surface area contributed by atoms with Crippen molar-refractivity contribution < 1.29 is 14.7 Å². The number of hydrogen-bond acceptors (Lipinski definition) is 3. The molecule has 0 radical (unpaired) electrons. The van der Waals surface area contributed by atoms with Gasteiger partial charge in [-0.25, -0.2) is 0 Å². The summed E-state index contributed by atoms with van der Waals surface area (Å²) in [6.07, 6.45) is 2.49. The van der Waals surface area contributed by atoms with E-state index in [2.05, 4.69) is 10.6 Å². The van der Waals surface area contributed by atoms with Gasteiger partial charge in [0.2, 0.25) is 5.91 Å². The van der Waals surface area contributed by atoms with Gasteiger partial charge in [0.15, 0.2) is 0 Å². The average molecular weight is 200 g/mol. The van der Waals surface area contributed by atoms with Crippen molar-refractivity contribution in [3.8, 4) is 0 Å². The van der Waals surface area contributed by atoms with Crippen molar-refractivity contribution in [1.29, 1.82) is 0 Å². The number of amides is 1. The Morgan fingerprint density at radius 2 is 2.21 bits per heavy atom. The maximum atomic E-state index is 10.7. The summed E-state index contributed by atoms with van der Waals surface area (Å²) in [6.45, 7) is 1.97. The number of piperidine rings is 1.